The molecule has 0 bridgehead atoms. The van der Waals surface area contributed by atoms with E-state index in [0.717, 1.165) is 29.7 Å². The van der Waals surface area contributed by atoms with Gasteiger partial charge in [0.15, 0.2) is 0 Å². The van der Waals surface area contributed by atoms with Crippen LogP contribution in [-0.2, 0) is 9.59 Å². The first-order valence-corrected chi connectivity index (χ1v) is 7.85. The molecule has 1 heterocycles. The summed E-state index contributed by atoms with van der Waals surface area (Å²) in [6.45, 7) is 4.38. The zero-order valence-electron chi connectivity index (χ0n) is 13.9. The lowest BCUT2D eigenvalue weighted by molar-refractivity contribution is -0.133. The highest BCUT2D eigenvalue weighted by Gasteiger charge is 2.30. The lowest BCUT2D eigenvalue weighted by Gasteiger charge is -2.36. The van der Waals surface area contributed by atoms with Crippen molar-refractivity contribution in [2.24, 2.45) is 11.7 Å². The summed E-state index contributed by atoms with van der Waals surface area (Å²) in [5, 5.41) is 0. The Bertz CT molecular complexity index is 625. The molecule has 1 aromatic carbocycles. The number of ether oxygens (including phenoxy) is 1. The molecule has 2 atom stereocenters. The molecular formula is C18H24N2O3. The second-order valence-corrected chi connectivity index (χ2v) is 6.10. The summed E-state index contributed by atoms with van der Waals surface area (Å²) in [7, 11) is 1.61. The van der Waals surface area contributed by atoms with E-state index >= 15 is 0 Å². The summed E-state index contributed by atoms with van der Waals surface area (Å²) in [4.78, 5) is 25.6. The Hall–Kier alpha value is -2.30. The average Bonchev–Trinajstić information content (AvgIpc) is 2.53. The second kappa shape index (κ2) is 7.31. The molecule has 1 fully saturated rings. The minimum Gasteiger partial charge on any atom is -0.496 e. The number of carbonyl (C=O) groups excluding carboxylic acids is 2. The van der Waals surface area contributed by atoms with Gasteiger partial charge in [-0.05, 0) is 44.9 Å². The molecule has 2 N–H and O–H groups in total. The molecule has 0 radical (unpaired) electrons. The molecule has 1 aliphatic rings. The third kappa shape index (κ3) is 4.12. The van der Waals surface area contributed by atoms with Crippen LogP contribution in [0.5, 0.6) is 5.75 Å². The number of likely N-dealkylation sites (tertiary alicyclic amines) is 1. The van der Waals surface area contributed by atoms with E-state index in [9.17, 15) is 9.59 Å². The van der Waals surface area contributed by atoms with Crippen LogP contribution in [0, 0.1) is 12.8 Å². The monoisotopic (exact) mass is 316 g/mol. The van der Waals surface area contributed by atoms with Crippen molar-refractivity contribution in [2.75, 3.05) is 13.7 Å². The van der Waals surface area contributed by atoms with Gasteiger partial charge in [-0.25, -0.2) is 0 Å². The number of hydrogen-bond acceptors (Lipinski definition) is 3. The number of aryl methyl sites for hydroxylation is 1. The topological polar surface area (TPSA) is 72.6 Å². The Balaban J connectivity index is 2.14. The molecule has 1 saturated heterocycles. The van der Waals surface area contributed by atoms with Crippen LogP contribution in [0.15, 0.2) is 24.3 Å². The van der Waals surface area contributed by atoms with E-state index in [-0.39, 0.29) is 23.8 Å². The largest absolute Gasteiger partial charge is 0.496 e. The van der Waals surface area contributed by atoms with Crippen molar-refractivity contribution >= 4 is 17.9 Å². The van der Waals surface area contributed by atoms with Crippen LogP contribution in [0.3, 0.4) is 0 Å². The molecule has 5 nitrogen and oxygen atoms in total. The van der Waals surface area contributed by atoms with Gasteiger partial charge in [0.1, 0.15) is 5.75 Å². The van der Waals surface area contributed by atoms with Crippen molar-refractivity contribution in [2.45, 2.75) is 32.7 Å². The average molecular weight is 316 g/mol. The van der Waals surface area contributed by atoms with Crippen molar-refractivity contribution in [1.82, 2.24) is 4.90 Å². The molecule has 0 spiro atoms. The van der Waals surface area contributed by atoms with E-state index < -0.39 is 0 Å². The first-order valence-electron chi connectivity index (χ1n) is 7.85. The molecule has 1 aliphatic heterocycles. The molecule has 23 heavy (non-hydrogen) atoms. The normalized spacial score (nSPS) is 21.4. The Morgan fingerprint density at radius 1 is 1.35 bits per heavy atom. The van der Waals surface area contributed by atoms with Crippen LogP contribution in [0.2, 0.25) is 0 Å². The first kappa shape index (κ1) is 17.1. The maximum atomic E-state index is 12.5. The number of methoxy groups -OCH3 is 1. The number of rotatable bonds is 4. The smallest absolute Gasteiger partial charge is 0.246 e. The second-order valence-electron chi connectivity index (χ2n) is 6.10. The molecular weight excluding hydrogens is 292 g/mol. The van der Waals surface area contributed by atoms with Gasteiger partial charge in [-0.3, -0.25) is 9.59 Å². The van der Waals surface area contributed by atoms with Gasteiger partial charge in [-0.2, -0.15) is 0 Å². The van der Waals surface area contributed by atoms with Gasteiger partial charge < -0.3 is 15.4 Å². The fourth-order valence-corrected chi connectivity index (χ4v) is 2.89. The Kier molecular flexibility index (Phi) is 5.42. The van der Waals surface area contributed by atoms with Crippen molar-refractivity contribution in [3.8, 4) is 5.75 Å². The van der Waals surface area contributed by atoms with Gasteiger partial charge in [0.05, 0.1) is 13.0 Å². The number of benzene rings is 1. The first-order chi connectivity index (χ1) is 10.9. The van der Waals surface area contributed by atoms with Crippen molar-refractivity contribution in [3.05, 3.63) is 35.4 Å². The summed E-state index contributed by atoms with van der Waals surface area (Å²) < 4.78 is 5.31. The van der Waals surface area contributed by atoms with E-state index in [2.05, 4.69) is 0 Å². The highest BCUT2D eigenvalue weighted by molar-refractivity contribution is 5.93. The Labute approximate surface area is 137 Å². The molecule has 5 heteroatoms. The van der Waals surface area contributed by atoms with Gasteiger partial charge in [0.2, 0.25) is 11.8 Å². The molecule has 2 rings (SSSR count). The third-order valence-corrected chi connectivity index (χ3v) is 4.36. The maximum Gasteiger partial charge on any atom is 0.246 e. The van der Waals surface area contributed by atoms with Crippen molar-refractivity contribution < 1.29 is 14.3 Å². The number of carbonyl (C=O) groups is 2. The number of amides is 2. The molecule has 0 unspecified atom stereocenters. The number of nitrogens with zero attached hydrogens (tertiary/aromatic N) is 1. The quantitative estimate of drug-likeness (QED) is 0.865. The predicted molar refractivity (Wildman–Crippen MR) is 89.9 cm³/mol. The SMILES string of the molecule is COc1ccc(C)cc1/C=C\C(=O)N1C[C@H](C(N)=O)CC[C@H]1C. The van der Waals surface area contributed by atoms with E-state index in [1.807, 2.05) is 32.0 Å². The molecule has 0 saturated carbocycles. The van der Waals surface area contributed by atoms with E-state index in [0.29, 0.717) is 6.54 Å². The third-order valence-electron chi connectivity index (χ3n) is 4.36. The highest BCUT2D eigenvalue weighted by Crippen LogP contribution is 2.24. The molecule has 0 aromatic heterocycles. The summed E-state index contributed by atoms with van der Waals surface area (Å²) >= 11 is 0. The predicted octanol–water partition coefficient (Wildman–Crippen LogP) is 2.13. The number of nitrogens with two attached hydrogens (primary N) is 1. The Morgan fingerprint density at radius 2 is 2.09 bits per heavy atom. The van der Waals surface area contributed by atoms with Gasteiger partial charge in [-0.15, -0.1) is 0 Å². The zero-order chi connectivity index (χ0) is 17.0. The van der Waals surface area contributed by atoms with Crippen LogP contribution < -0.4 is 10.5 Å². The fraction of sp³-hybridized carbons (Fsp3) is 0.444. The molecule has 2 amide bonds. The summed E-state index contributed by atoms with van der Waals surface area (Å²) in [5.74, 6) is 0.0319. The van der Waals surface area contributed by atoms with Gasteiger partial charge in [0, 0.05) is 24.2 Å². The lowest BCUT2D eigenvalue weighted by atomic mass is 9.93. The van der Waals surface area contributed by atoms with Gasteiger partial charge >= 0.3 is 0 Å². The van der Waals surface area contributed by atoms with Crippen LogP contribution in [-0.4, -0.2) is 36.4 Å². The summed E-state index contributed by atoms with van der Waals surface area (Å²) in [6, 6.07) is 5.92. The van der Waals surface area contributed by atoms with Crippen LogP contribution >= 0.6 is 0 Å². The minimum atomic E-state index is -0.334. The lowest BCUT2D eigenvalue weighted by Crippen LogP contribution is -2.48. The maximum absolute atomic E-state index is 12.5. The highest BCUT2D eigenvalue weighted by atomic mass is 16.5. The molecule has 124 valence electrons. The van der Waals surface area contributed by atoms with E-state index in [4.69, 9.17) is 10.5 Å². The van der Waals surface area contributed by atoms with E-state index in [1.165, 1.54) is 6.08 Å². The number of hydrogen-bond donors (Lipinski definition) is 1. The summed E-state index contributed by atoms with van der Waals surface area (Å²) in [6.07, 6.45) is 4.84. The molecule has 0 aliphatic carbocycles. The van der Waals surface area contributed by atoms with Gasteiger partial charge in [0.25, 0.3) is 0 Å². The zero-order valence-corrected chi connectivity index (χ0v) is 13.9. The number of piperidine rings is 1. The van der Waals surface area contributed by atoms with Crippen LogP contribution in [0.25, 0.3) is 6.08 Å². The molecule has 1 aromatic rings. The summed E-state index contributed by atoms with van der Waals surface area (Å²) in [5.41, 5.74) is 7.34. The van der Waals surface area contributed by atoms with Crippen LogP contribution in [0.4, 0.5) is 0 Å². The van der Waals surface area contributed by atoms with Crippen LogP contribution in [0.1, 0.15) is 30.9 Å². The van der Waals surface area contributed by atoms with Crippen molar-refractivity contribution in [3.63, 3.8) is 0 Å². The van der Waals surface area contributed by atoms with Crippen molar-refractivity contribution in [1.29, 1.82) is 0 Å². The minimum absolute atomic E-state index is 0.105. The fourth-order valence-electron chi connectivity index (χ4n) is 2.89. The number of primary amides is 1. The van der Waals surface area contributed by atoms with E-state index in [1.54, 1.807) is 18.1 Å². The standard InChI is InChI=1S/C18H24N2O3/c1-12-4-8-16(23-3)14(10-12)7-9-17(21)20-11-15(18(19)22)6-5-13(20)2/h4,7-10,13,15H,5-6,11H2,1-3H3,(H2,19,22)/b9-7-/t13-,15-/m1/s1. The Morgan fingerprint density at radius 3 is 2.74 bits per heavy atom. The van der Waals surface area contributed by atoms with Gasteiger partial charge in [-0.1, -0.05) is 11.6 Å².